The van der Waals surface area contributed by atoms with Crippen LogP contribution in [0.5, 0.6) is 0 Å². The lowest BCUT2D eigenvalue weighted by Gasteiger charge is -2.19. The number of carbonyl (C=O) groups is 1. The summed E-state index contributed by atoms with van der Waals surface area (Å²) in [6, 6.07) is 10.2. The summed E-state index contributed by atoms with van der Waals surface area (Å²) in [5.41, 5.74) is 1.24. The second-order valence-corrected chi connectivity index (χ2v) is 4.47. The molecule has 0 spiro atoms. The van der Waals surface area contributed by atoms with Crippen LogP contribution in [0.4, 0.5) is 0 Å². The van der Waals surface area contributed by atoms with E-state index in [4.69, 9.17) is 0 Å². The predicted molar refractivity (Wildman–Crippen MR) is 68.8 cm³/mol. The maximum atomic E-state index is 12.0. The van der Waals surface area contributed by atoms with E-state index in [1.165, 1.54) is 5.56 Å². The summed E-state index contributed by atoms with van der Waals surface area (Å²) >= 11 is 0. The molecule has 0 aromatic heterocycles. The maximum absolute atomic E-state index is 12.0. The fourth-order valence-electron chi connectivity index (χ4n) is 2.15. The van der Waals surface area contributed by atoms with Crippen LogP contribution in [0, 0.1) is 0 Å². The molecule has 1 amide bonds. The van der Waals surface area contributed by atoms with Gasteiger partial charge in [-0.15, -0.1) is 0 Å². The molecular formula is C14H20N2O. The number of rotatable bonds is 3. The molecule has 1 aromatic carbocycles. The van der Waals surface area contributed by atoms with Gasteiger partial charge in [-0.3, -0.25) is 4.79 Å². The number of nitrogens with one attached hydrogen (secondary N) is 1. The van der Waals surface area contributed by atoms with Crippen molar-refractivity contribution < 1.29 is 4.79 Å². The van der Waals surface area contributed by atoms with E-state index < -0.39 is 0 Å². The zero-order chi connectivity index (χ0) is 11.9. The van der Waals surface area contributed by atoms with Crippen molar-refractivity contribution in [2.24, 2.45) is 0 Å². The summed E-state index contributed by atoms with van der Waals surface area (Å²) < 4.78 is 0. The van der Waals surface area contributed by atoms with Gasteiger partial charge in [-0.2, -0.15) is 0 Å². The minimum Gasteiger partial charge on any atom is -0.341 e. The highest BCUT2D eigenvalue weighted by Gasteiger charge is 2.14. The van der Waals surface area contributed by atoms with Gasteiger partial charge < -0.3 is 10.2 Å². The van der Waals surface area contributed by atoms with Crippen molar-refractivity contribution in [3.63, 3.8) is 0 Å². The van der Waals surface area contributed by atoms with Crippen LogP contribution in [0.15, 0.2) is 30.3 Å². The molecule has 1 fully saturated rings. The standard InChI is InChI=1S/C14H20N2O/c17-14(16-11-4-9-15-10-12-16)8-7-13-5-2-1-3-6-13/h1-3,5-6,15H,4,7-12H2. The lowest BCUT2D eigenvalue weighted by molar-refractivity contribution is -0.130. The van der Waals surface area contributed by atoms with Crippen molar-refractivity contribution in [3.8, 4) is 0 Å². The smallest absolute Gasteiger partial charge is 0.222 e. The first-order valence-corrected chi connectivity index (χ1v) is 6.39. The monoisotopic (exact) mass is 232 g/mol. The second-order valence-electron chi connectivity index (χ2n) is 4.47. The third kappa shape index (κ3) is 3.86. The fourth-order valence-corrected chi connectivity index (χ4v) is 2.15. The molecule has 3 heteroatoms. The summed E-state index contributed by atoms with van der Waals surface area (Å²) in [5, 5.41) is 3.31. The van der Waals surface area contributed by atoms with E-state index in [1.807, 2.05) is 23.1 Å². The van der Waals surface area contributed by atoms with Crippen molar-refractivity contribution in [3.05, 3.63) is 35.9 Å². The van der Waals surface area contributed by atoms with Crippen molar-refractivity contribution >= 4 is 5.91 Å². The molecule has 0 radical (unpaired) electrons. The van der Waals surface area contributed by atoms with Gasteiger partial charge in [0.1, 0.15) is 0 Å². The molecule has 92 valence electrons. The molecule has 2 rings (SSSR count). The highest BCUT2D eigenvalue weighted by Crippen LogP contribution is 2.06. The fraction of sp³-hybridized carbons (Fsp3) is 0.500. The Morgan fingerprint density at radius 2 is 2.00 bits per heavy atom. The van der Waals surface area contributed by atoms with E-state index in [-0.39, 0.29) is 5.91 Å². The lowest BCUT2D eigenvalue weighted by atomic mass is 10.1. The lowest BCUT2D eigenvalue weighted by Crippen LogP contribution is -2.34. The zero-order valence-corrected chi connectivity index (χ0v) is 10.2. The van der Waals surface area contributed by atoms with Crippen molar-refractivity contribution in [1.82, 2.24) is 10.2 Å². The van der Waals surface area contributed by atoms with E-state index >= 15 is 0 Å². The van der Waals surface area contributed by atoms with Crippen LogP contribution in [0.2, 0.25) is 0 Å². The molecule has 1 saturated heterocycles. The van der Waals surface area contributed by atoms with Gasteiger partial charge in [0, 0.05) is 26.1 Å². The third-order valence-electron chi connectivity index (χ3n) is 3.16. The van der Waals surface area contributed by atoms with E-state index in [0.29, 0.717) is 6.42 Å². The van der Waals surface area contributed by atoms with Crippen molar-refractivity contribution in [2.75, 3.05) is 26.2 Å². The highest BCUT2D eigenvalue weighted by atomic mass is 16.2. The summed E-state index contributed by atoms with van der Waals surface area (Å²) in [4.78, 5) is 14.0. The maximum Gasteiger partial charge on any atom is 0.222 e. The molecule has 0 bridgehead atoms. The van der Waals surface area contributed by atoms with Crippen LogP contribution in [0.25, 0.3) is 0 Å². The first-order valence-electron chi connectivity index (χ1n) is 6.39. The van der Waals surface area contributed by atoms with Crippen LogP contribution in [0.3, 0.4) is 0 Å². The molecule has 0 atom stereocenters. The van der Waals surface area contributed by atoms with Gasteiger partial charge in [0.15, 0.2) is 0 Å². The van der Waals surface area contributed by atoms with Gasteiger partial charge in [0.25, 0.3) is 0 Å². The molecule has 17 heavy (non-hydrogen) atoms. The molecule has 0 unspecified atom stereocenters. The van der Waals surface area contributed by atoms with E-state index in [2.05, 4.69) is 17.4 Å². The van der Waals surface area contributed by atoms with Crippen LogP contribution >= 0.6 is 0 Å². The Bertz CT molecular complexity index is 342. The van der Waals surface area contributed by atoms with Crippen LogP contribution in [0.1, 0.15) is 18.4 Å². The Kier molecular flexibility index (Phi) is 4.56. The van der Waals surface area contributed by atoms with Crippen LogP contribution in [-0.4, -0.2) is 37.0 Å². The highest BCUT2D eigenvalue weighted by molar-refractivity contribution is 5.76. The molecule has 1 heterocycles. The average molecular weight is 232 g/mol. The second kappa shape index (κ2) is 6.40. The van der Waals surface area contributed by atoms with Gasteiger partial charge in [-0.05, 0) is 24.9 Å². The molecule has 1 aliphatic heterocycles. The molecule has 1 aromatic rings. The number of aryl methyl sites for hydroxylation is 1. The van der Waals surface area contributed by atoms with Crippen LogP contribution < -0.4 is 5.32 Å². The van der Waals surface area contributed by atoms with Gasteiger partial charge in [0.2, 0.25) is 5.91 Å². The summed E-state index contributed by atoms with van der Waals surface area (Å²) in [7, 11) is 0. The number of amides is 1. The Labute approximate surface area is 103 Å². The molecule has 1 N–H and O–H groups in total. The molecule has 3 nitrogen and oxygen atoms in total. The molecule has 0 aliphatic carbocycles. The van der Waals surface area contributed by atoms with E-state index in [1.54, 1.807) is 0 Å². The predicted octanol–water partition coefficient (Wildman–Crippen LogP) is 1.44. The van der Waals surface area contributed by atoms with Gasteiger partial charge in [-0.1, -0.05) is 30.3 Å². The topological polar surface area (TPSA) is 32.3 Å². The Morgan fingerprint density at radius 1 is 1.18 bits per heavy atom. The Morgan fingerprint density at radius 3 is 2.82 bits per heavy atom. The molecule has 0 saturated carbocycles. The van der Waals surface area contributed by atoms with Crippen molar-refractivity contribution in [1.29, 1.82) is 0 Å². The summed E-state index contributed by atoms with van der Waals surface area (Å²) in [6.07, 6.45) is 2.55. The first kappa shape index (κ1) is 12.1. The number of nitrogens with zero attached hydrogens (tertiary/aromatic N) is 1. The number of benzene rings is 1. The van der Waals surface area contributed by atoms with E-state index in [9.17, 15) is 4.79 Å². The average Bonchev–Trinajstić information content (AvgIpc) is 2.66. The normalized spacial score (nSPS) is 16.6. The van der Waals surface area contributed by atoms with Gasteiger partial charge >= 0.3 is 0 Å². The Balaban J connectivity index is 1.80. The minimum absolute atomic E-state index is 0.289. The van der Waals surface area contributed by atoms with Gasteiger partial charge in [0.05, 0.1) is 0 Å². The SMILES string of the molecule is O=C(CCc1ccccc1)N1CCCNCC1. The van der Waals surface area contributed by atoms with Crippen LogP contribution in [-0.2, 0) is 11.2 Å². The first-order chi connectivity index (χ1) is 8.36. The number of carbonyl (C=O) groups excluding carboxylic acids is 1. The molecule has 1 aliphatic rings. The van der Waals surface area contributed by atoms with Gasteiger partial charge in [-0.25, -0.2) is 0 Å². The quantitative estimate of drug-likeness (QED) is 0.855. The van der Waals surface area contributed by atoms with Crippen molar-refractivity contribution in [2.45, 2.75) is 19.3 Å². The third-order valence-corrected chi connectivity index (χ3v) is 3.16. The number of hydrogen-bond acceptors (Lipinski definition) is 2. The van der Waals surface area contributed by atoms with E-state index in [0.717, 1.165) is 39.0 Å². The summed E-state index contributed by atoms with van der Waals surface area (Å²) in [5.74, 6) is 0.289. The summed E-state index contributed by atoms with van der Waals surface area (Å²) in [6.45, 7) is 3.72. The Hall–Kier alpha value is -1.35. The number of hydrogen-bond donors (Lipinski definition) is 1. The largest absolute Gasteiger partial charge is 0.341 e. The zero-order valence-electron chi connectivity index (χ0n) is 10.2. The minimum atomic E-state index is 0.289. The molecular weight excluding hydrogens is 212 g/mol.